The Morgan fingerprint density at radius 3 is 2.56 bits per heavy atom. The minimum absolute atomic E-state index is 0.0422. The second-order valence-electron chi connectivity index (χ2n) is 8.28. The normalized spacial score (nSPS) is 14.7. The SMILES string of the molecule is CCc1cc(=O)n(CC(=O)NCCN2CCOCC2)c2c1c(C)nn2-c1ccc(C)cc1. The van der Waals surface area contributed by atoms with Crippen LogP contribution in [0.4, 0.5) is 0 Å². The van der Waals surface area contributed by atoms with E-state index >= 15 is 0 Å². The number of benzene rings is 1. The van der Waals surface area contributed by atoms with E-state index in [2.05, 4.69) is 10.2 Å². The predicted octanol–water partition coefficient (Wildman–Crippen LogP) is 1.81. The Hall–Kier alpha value is -2.97. The van der Waals surface area contributed by atoms with Crippen LogP contribution in [0, 0.1) is 13.8 Å². The number of hydrogen-bond donors (Lipinski definition) is 1. The van der Waals surface area contributed by atoms with Gasteiger partial charge in [0.05, 0.1) is 24.6 Å². The number of pyridine rings is 1. The van der Waals surface area contributed by atoms with E-state index in [0.717, 1.165) is 67.2 Å². The summed E-state index contributed by atoms with van der Waals surface area (Å²) in [6.45, 7) is 10.5. The zero-order chi connectivity index (χ0) is 22.7. The quantitative estimate of drug-likeness (QED) is 0.610. The molecule has 8 heteroatoms. The van der Waals surface area contributed by atoms with Crippen molar-refractivity contribution in [2.75, 3.05) is 39.4 Å². The molecule has 0 unspecified atom stereocenters. The molecule has 0 radical (unpaired) electrons. The molecule has 170 valence electrons. The number of aryl methyl sites for hydroxylation is 3. The summed E-state index contributed by atoms with van der Waals surface area (Å²) in [5.41, 5.74) is 4.28. The van der Waals surface area contributed by atoms with Crippen LogP contribution < -0.4 is 10.9 Å². The van der Waals surface area contributed by atoms with Gasteiger partial charge in [0, 0.05) is 37.6 Å². The first-order valence-electron chi connectivity index (χ1n) is 11.2. The maximum Gasteiger partial charge on any atom is 0.252 e. The lowest BCUT2D eigenvalue weighted by Crippen LogP contribution is -2.42. The summed E-state index contributed by atoms with van der Waals surface area (Å²) in [4.78, 5) is 28.1. The van der Waals surface area contributed by atoms with Gasteiger partial charge in [-0.1, -0.05) is 24.6 Å². The number of morpholine rings is 1. The molecule has 3 heterocycles. The predicted molar refractivity (Wildman–Crippen MR) is 124 cm³/mol. The van der Waals surface area contributed by atoms with Crippen molar-refractivity contribution in [3.05, 3.63) is 57.5 Å². The van der Waals surface area contributed by atoms with Crippen LogP contribution >= 0.6 is 0 Å². The molecular weight excluding hydrogens is 406 g/mol. The van der Waals surface area contributed by atoms with E-state index in [0.29, 0.717) is 12.2 Å². The number of rotatable bonds is 7. The Morgan fingerprint density at radius 2 is 1.88 bits per heavy atom. The largest absolute Gasteiger partial charge is 0.379 e. The number of nitrogens with one attached hydrogen (secondary N) is 1. The van der Waals surface area contributed by atoms with Gasteiger partial charge in [-0.2, -0.15) is 5.10 Å². The topological polar surface area (TPSA) is 81.4 Å². The third-order valence-electron chi connectivity index (χ3n) is 5.99. The van der Waals surface area contributed by atoms with Gasteiger partial charge < -0.3 is 10.1 Å². The summed E-state index contributed by atoms with van der Waals surface area (Å²) in [6.07, 6.45) is 0.721. The maximum atomic E-state index is 13.0. The Morgan fingerprint density at radius 1 is 1.16 bits per heavy atom. The molecule has 1 amide bonds. The summed E-state index contributed by atoms with van der Waals surface area (Å²) in [5, 5.41) is 8.64. The molecular formula is C24H31N5O3. The van der Waals surface area contributed by atoms with E-state index in [4.69, 9.17) is 9.84 Å². The fourth-order valence-electron chi connectivity index (χ4n) is 4.22. The van der Waals surface area contributed by atoms with Crippen molar-refractivity contribution >= 4 is 16.9 Å². The van der Waals surface area contributed by atoms with E-state index in [1.807, 2.05) is 45.0 Å². The molecule has 1 saturated heterocycles. The Labute approximate surface area is 187 Å². The average Bonchev–Trinajstić information content (AvgIpc) is 3.14. The van der Waals surface area contributed by atoms with Crippen LogP contribution in [0.1, 0.15) is 23.7 Å². The second kappa shape index (κ2) is 9.67. The molecule has 1 aliphatic heterocycles. The third kappa shape index (κ3) is 4.61. The summed E-state index contributed by atoms with van der Waals surface area (Å²) in [7, 11) is 0. The molecule has 1 aliphatic rings. The highest BCUT2D eigenvalue weighted by atomic mass is 16.5. The number of hydrogen-bond acceptors (Lipinski definition) is 5. The summed E-state index contributed by atoms with van der Waals surface area (Å²) in [6, 6.07) is 9.64. The number of ether oxygens (including phenoxy) is 1. The number of nitrogens with zero attached hydrogens (tertiary/aromatic N) is 4. The van der Waals surface area contributed by atoms with Crippen molar-refractivity contribution in [3.63, 3.8) is 0 Å². The maximum absolute atomic E-state index is 13.0. The molecule has 0 bridgehead atoms. The number of carbonyl (C=O) groups excluding carboxylic acids is 1. The highest BCUT2D eigenvalue weighted by Crippen LogP contribution is 2.24. The van der Waals surface area contributed by atoms with Crippen molar-refractivity contribution in [2.24, 2.45) is 0 Å². The van der Waals surface area contributed by atoms with Gasteiger partial charge in [-0.3, -0.25) is 19.1 Å². The van der Waals surface area contributed by atoms with Crippen LogP contribution in [-0.4, -0.2) is 64.5 Å². The van der Waals surface area contributed by atoms with Crippen molar-refractivity contribution in [3.8, 4) is 5.69 Å². The van der Waals surface area contributed by atoms with E-state index in [-0.39, 0.29) is 18.0 Å². The molecule has 0 atom stereocenters. The standard InChI is InChI=1S/C24H31N5O3/c1-4-19-15-22(31)28(16-21(30)25-9-10-27-11-13-32-14-12-27)24-23(19)18(3)26-29(24)20-7-5-17(2)6-8-20/h5-8,15H,4,9-14,16H2,1-3H3,(H,25,30). The average molecular weight is 438 g/mol. The van der Waals surface area contributed by atoms with Gasteiger partial charge in [0.1, 0.15) is 12.2 Å². The molecule has 32 heavy (non-hydrogen) atoms. The molecule has 0 spiro atoms. The van der Waals surface area contributed by atoms with Gasteiger partial charge in [0.15, 0.2) is 0 Å². The molecule has 1 N–H and O–H groups in total. The lowest BCUT2D eigenvalue weighted by molar-refractivity contribution is -0.121. The van der Waals surface area contributed by atoms with Gasteiger partial charge in [-0.15, -0.1) is 0 Å². The Balaban J connectivity index is 1.64. The lowest BCUT2D eigenvalue weighted by Gasteiger charge is -2.26. The van der Waals surface area contributed by atoms with Gasteiger partial charge >= 0.3 is 0 Å². The molecule has 8 nitrogen and oxygen atoms in total. The lowest BCUT2D eigenvalue weighted by atomic mass is 10.1. The first kappa shape index (κ1) is 22.2. The summed E-state index contributed by atoms with van der Waals surface area (Å²) in [5.74, 6) is -0.180. The summed E-state index contributed by atoms with van der Waals surface area (Å²) < 4.78 is 8.68. The van der Waals surface area contributed by atoms with E-state index in [1.54, 1.807) is 15.3 Å². The first-order valence-corrected chi connectivity index (χ1v) is 11.2. The van der Waals surface area contributed by atoms with Crippen LogP contribution in [0.25, 0.3) is 16.7 Å². The van der Waals surface area contributed by atoms with E-state index < -0.39 is 0 Å². The van der Waals surface area contributed by atoms with Crippen molar-refractivity contribution in [1.82, 2.24) is 24.6 Å². The minimum Gasteiger partial charge on any atom is -0.379 e. The van der Waals surface area contributed by atoms with Gasteiger partial charge in [-0.25, -0.2) is 4.68 Å². The smallest absolute Gasteiger partial charge is 0.252 e. The first-order chi connectivity index (χ1) is 15.5. The van der Waals surface area contributed by atoms with Crippen LogP contribution in [0.3, 0.4) is 0 Å². The number of aromatic nitrogens is 3. The number of amides is 1. The summed E-state index contributed by atoms with van der Waals surface area (Å²) >= 11 is 0. The van der Waals surface area contributed by atoms with Gasteiger partial charge in [-0.05, 0) is 38.0 Å². The highest BCUT2D eigenvalue weighted by molar-refractivity contribution is 5.85. The molecule has 1 aromatic carbocycles. The van der Waals surface area contributed by atoms with Crippen LogP contribution in [0.2, 0.25) is 0 Å². The van der Waals surface area contributed by atoms with Crippen molar-refractivity contribution < 1.29 is 9.53 Å². The van der Waals surface area contributed by atoms with Crippen molar-refractivity contribution in [1.29, 1.82) is 0 Å². The van der Waals surface area contributed by atoms with E-state index in [1.165, 1.54) is 0 Å². The molecule has 0 aliphatic carbocycles. The fourth-order valence-corrected chi connectivity index (χ4v) is 4.22. The molecule has 1 fully saturated rings. The van der Waals surface area contributed by atoms with Gasteiger partial charge in [0.25, 0.3) is 5.56 Å². The zero-order valence-electron chi connectivity index (χ0n) is 19.1. The zero-order valence-corrected chi connectivity index (χ0v) is 19.1. The molecule has 3 aromatic rings. The fraction of sp³-hybridized carbons (Fsp3) is 0.458. The molecule has 2 aromatic heterocycles. The van der Waals surface area contributed by atoms with Crippen LogP contribution in [0.15, 0.2) is 35.1 Å². The molecule has 4 rings (SSSR count). The van der Waals surface area contributed by atoms with E-state index in [9.17, 15) is 9.59 Å². The number of carbonyl (C=O) groups is 1. The van der Waals surface area contributed by atoms with Crippen LogP contribution in [0.5, 0.6) is 0 Å². The Kier molecular flexibility index (Phi) is 6.72. The molecule has 0 saturated carbocycles. The van der Waals surface area contributed by atoms with Crippen LogP contribution in [-0.2, 0) is 22.5 Å². The minimum atomic E-state index is -0.189. The monoisotopic (exact) mass is 437 g/mol. The Bertz CT molecular complexity index is 1160. The number of fused-ring (bicyclic) bond motifs is 1. The highest BCUT2D eigenvalue weighted by Gasteiger charge is 2.19. The van der Waals surface area contributed by atoms with Crippen molar-refractivity contribution in [2.45, 2.75) is 33.7 Å². The second-order valence-corrected chi connectivity index (χ2v) is 8.28. The third-order valence-corrected chi connectivity index (χ3v) is 5.99. The van der Waals surface area contributed by atoms with Gasteiger partial charge in [0.2, 0.25) is 5.91 Å².